The van der Waals surface area contributed by atoms with Crippen molar-refractivity contribution >= 4 is 22.6 Å². The Kier molecular flexibility index (Phi) is 23.5. The third kappa shape index (κ3) is 61.0. The summed E-state index contributed by atoms with van der Waals surface area (Å²) in [5, 5.41) is 0. The maximum Gasteiger partial charge on any atom is 0.455 e. The molecule has 0 bridgehead atoms. The summed E-state index contributed by atoms with van der Waals surface area (Å²) in [6.07, 6.45) is 1.49. The fraction of sp³-hybridized carbons (Fsp3) is 1.00. The molecule has 0 spiro atoms. The summed E-state index contributed by atoms with van der Waals surface area (Å²) in [5.41, 5.74) is 0. The zero-order valence-corrected chi connectivity index (χ0v) is 2.63. The first-order chi connectivity index (χ1) is 1.41. The van der Waals surface area contributed by atoms with Crippen LogP contribution in [0.3, 0.4) is 0 Å². The van der Waals surface area contributed by atoms with E-state index in [9.17, 15) is 0 Å². The molecule has 4 heavy (non-hydrogen) atoms. The standard InChI is InChI=1S/CH3OS.H4Si/c1-3-2;/h1H3;1H4/q+1;. The van der Waals surface area contributed by atoms with Crippen LogP contribution >= 0.6 is 0 Å². The molecule has 26 valence electrons. The summed E-state index contributed by atoms with van der Waals surface area (Å²) >= 11 is 0.500. The Morgan fingerprint density at radius 2 is 1.75 bits per heavy atom. The van der Waals surface area contributed by atoms with Crippen molar-refractivity contribution in [2.75, 3.05) is 6.26 Å². The molecule has 0 saturated carbocycles. The van der Waals surface area contributed by atoms with Gasteiger partial charge in [0, 0.05) is 4.21 Å². The second kappa shape index (κ2) is 10.6. The highest BCUT2D eigenvalue weighted by Gasteiger charge is 1.54. The molecule has 0 rings (SSSR count). The van der Waals surface area contributed by atoms with Crippen molar-refractivity contribution < 1.29 is 4.21 Å². The van der Waals surface area contributed by atoms with E-state index in [1.54, 1.807) is 0 Å². The molecule has 0 aliphatic rings. The van der Waals surface area contributed by atoms with Crippen molar-refractivity contribution in [1.82, 2.24) is 0 Å². The average Bonchev–Trinajstić information content (AvgIpc) is 0.918. The molecule has 0 amide bonds. The minimum absolute atomic E-state index is 0. The smallest absolute Gasteiger partial charge is 0.0149 e. The molecule has 0 N–H and O–H groups in total. The van der Waals surface area contributed by atoms with E-state index in [0.29, 0.717) is 11.7 Å². The number of hydrogen-bond donors (Lipinski definition) is 0. The van der Waals surface area contributed by atoms with Gasteiger partial charge in [-0.2, -0.15) is 0 Å². The molecule has 0 heterocycles. The first kappa shape index (κ1) is 8.87. The van der Waals surface area contributed by atoms with Crippen molar-refractivity contribution in [3.63, 3.8) is 0 Å². The lowest BCUT2D eigenvalue weighted by Crippen LogP contribution is -1.32. The maximum atomic E-state index is 8.85. The van der Waals surface area contributed by atoms with Crippen LogP contribution in [-0.4, -0.2) is 17.2 Å². The second-order valence-electron chi connectivity index (χ2n) is 0.167. The Morgan fingerprint density at radius 3 is 1.75 bits per heavy atom. The normalized spacial score (nSPS) is 3.25. The van der Waals surface area contributed by atoms with Crippen LogP contribution in [0.25, 0.3) is 0 Å². The average molecular weight is 95.2 g/mol. The van der Waals surface area contributed by atoms with Gasteiger partial charge in [-0.25, -0.2) is 0 Å². The zero-order chi connectivity index (χ0) is 2.71. The van der Waals surface area contributed by atoms with E-state index < -0.39 is 0 Å². The van der Waals surface area contributed by atoms with Gasteiger partial charge in [0.2, 0.25) is 6.26 Å². The predicted octanol–water partition coefficient (Wildman–Crippen LogP) is -1.41. The van der Waals surface area contributed by atoms with Crippen molar-refractivity contribution in [3.05, 3.63) is 0 Å². The van der Waals surface area contributed by atoms with Crippen LogP contribution in [0.4, 0.5) is 0 Å². The molecule has 0 unspecified atom stereocenters. The SMILES string of the molecule is C[S+]=O.[SiH4]. The van der Waals surface area contributed by atoms with E-state index in [1.165, 1.54) is 6.26 Å². The summed E-state index contributed by atoms with van der Waals surface area (Å²) in [6.45, 7) is 0. The Bertz CT molecular complexity index is 15.5. The quantitative estimate of drug-likeness (QED) is 0.267. The summed E-state index contributed by atoms with van der Waals surface area (Å²) in [7, 11) is 0. The van der Waals surface area contributed by atoms with Crippen LogP contribution in [0, 0.1) is 0 Å². The molecule has 0 aromatic carbocycles. The first-order valence-corrected chi connectivity index (χ1v) is 1.72. The Morgan fingerprint density at radius 1 is 1.75 bits per heavy atom. The predicted molar refractivity (Wildman–Crippen MR) is 25.3 cm³/mol. The largest absolute Gasteiger partial charge is 0.455 e. The molecule has 0 atom stereocenters. The van der Waals surface area contributed by atoms with E-state index in [-0.39, 0.29) is 11.0 Å². The Balaban J connectivity index is 0. The van der Waals surface area contributed by atoms with Gasteiger partial charge in [0.1, 0.15) is 0 Å². The summed E-state index contributed by atoms with van der Waals surface area (Å²) < 4.78 is 8.85. The van der Waals surface area contributed by atoms with Crippen LogP contribution in [0.5, 0.6) is 0 Å². The van der Waals surface area contributed by atoms with Gasteiger partial charge in [-0.05, 0) is 11.0 Å². The maximum absolute atomic E-state index is 8.85. The molecule has 0 aliphatic carbocycles. The molecule has 0 aromatic rings. The summed E-state index contributed by atoms with van der Waals surface area (Å²) in [6, 6.07) is 0. The van der Waals surface area contributed by atoms with Crippen LogP contribution in [0.15, 0.2) is 0 Å². The molecule has 3 heteroatoms. The highest BCUT2D eigenvalue weighted by atomic mass is 32.1. The molecule has 0 aliphatic heterocycles. The number of rotatable bonds is 0. The molecule has 0 fully saturated rings. The van der Waals surface area contributed by atoms with E-state index >= 15 is 0 Å². The van der Waals surface area contributed by atoms with Crippen molar-refractivity contribution in [2.45, 2.75) is 0 Å². The fourth-order valence-corrected chi connectivity index (χ4v) is 0. The van der Waals surface area contributed by atoms with Crippen LogP contribution in [-0.2, 0) is 15.9 Å². The van der Waals surface area contributed by atoms with Gasteiger partial charge in [0.05, 0.1) is 0 Å². The van der Waals surface area contributed by atoms with Gasteiger partial charge in [-0.1, -0.05) is 0 Å². The van der Waals surface area contributed by atoms with Crippen LogP contribution in [0.1, 0.15) is 0 Å². The van der Waals surface area contributed by atoms with Crippen molar-refractivity contribution in [2.24, 2.45) is 0 Å². The van der Waals surface area contributed by atoms with Gasteiger partial charge >= 0.3 is 11.7 Å². The first-order valence-electron chi connectivity index (χ1n) is 0.575. The molecular formula is CH7OSSi+. The van der Waals surface area contributed by atoms with Crippen molar-refractivity contribution in [1.29, 1.82) is 0 Å². The van der Waals surface area contributed by atoms with Gasteiger partial charge in [0.25, 0.3) is 0 Å². The van der Waals surface area contributed by atoms with E-state index in [4.69, 9.17) is 4.21 Å². The molecule has 0 aromatic heterocycles. The second-order valence-corrected chi connectivity index (χ2v) is 0.500. The van der Waals surface area contributed by atoms with Gasteiger partial charge in [-0.15, -0.1) is 0 Å². The molecule has 1 nitrogen and oxygen atoms in total. The van der Waals surface area contributed by atoms with E-state index in [1.807, 2.05) is 0 Å². The van der Waals surface area contributed by atoms with Gasteiger partial charge < -0.3 is 0 Å². The molecule has 0 radical (unpaired) electrons. The highest BCUT2D eigenvalue weighted by molar-refractivity contribution is 7.64. The van der Waals surface area contributed by atoms with Gasteiger partial charge in [-0.3, -0.25) is 0 Å². The van der Waals surface area contributed by atoms with Gasteiger partial charge in [0.15, 0.2) is 0 Å². The fourth-order valence-electron chi connectivity index (χ4n) is 0. The van der Waals surface area contributed by atoms with Crippen LogP contribution < -0.4 is 0 Å². The molecule has 0 saturated heterocycles. The molecular weight excluding hydrogens is 88.2 g/mol. The Hall–Kier alpha value is 0.237. The lowest BCUT2D eigenvalue weighted by molar-refractivity contribution is 0.607. The third-order valence-electron chi connectivity index (χ3n) is 0. The Labute approximate surface area is 33.9 Å². The van der Waals surface area contributed by atoms with E-state index in [2.05, 4.69) is 0 Å². The summed E-state index contributed by atoms with van der Waals surface area (Å²) in [4.78, 5) is 0. The topological polar surface area (TPSA) is 17.1 Å². The lowest BCUT2D eigenvalue weighted by Gasteiger charge is -0.931. The summed E-state index contributed by atoms with van der Waals surface area (Å²) in [5.74, 6) is 0. The monoisotopic (exact) mass is 95.0 g/mol. The van der Waals surface area contributed by atoms with Crippen LogP contribution in [0.2, 0.25) is 0 Å². The van der Waals surface area contributed by atoms with Crippen molar-refractivity contribution in [3.8, 4) is 0 Å². The third-order valence-corrected chi connectivity index (χ3v) is 0. The minimum atomic E-state index is 0. The highest BCUT2D eigenvalue weighted by Crippen LogP contribution is 1.14. The lowest BCUT2D eigenvalue weighted by atomic mass is 12.0. The zero-order valence-electron chi connectivity index (χ0n) is 1.82. The number of hydrogen-bond acceptors (Lipinski definition) is 1. The minimum Gasteiger partial charge on any atom is -0.0149 e. The van der Waals surface area contributed by atoms with E-state index in [0.717, 1.165) is 0 Å².